The van der Waals surface area contributed by atoms with Crippen molar-refractivity contribution in [3.05, 3.63) is 0 Å². The van der Waals surface area contributed by atoms with Crippen LogP contribution in [0, 0.1) is 22.7 Å². The Bertz CT molecular complexity index is 620. The quantitative estimate of drug-likeness (QED) is 0.479. The molecule has 0 N–H and O–H groups in total. The molecule has 0 amide bonds. The molecule has 0 aromatic carbocycles. The van der Waals surface area contributed by atoms with Gasteiger partial charge in [0, 0.05) is 17.8 Å². The highest BCUT2D eigenvalue weighted by atomic mass is 32.2. The number of rotatable bonds is 7. The molecule has 2 atom stereocenters. The van der Waals surface area contributed by atoms with Crippen LogP contribution < -0.4 is 0 Å². The number of fused-ring (bicyclic) bond motifs is 2. The van der Waals surface area contributed by atoms with E-state index in [4.69, 9.17) is 0 Å². The lowest BCUT2D eigenvalue weighted by Crippen LogP contribution is -2.42. The van der Waals surface area contributed by atoms with Crippen LogP contribution >= 0.6 is 0 Å². The van der Waals surface area contributed by atoms with Crippen molar-refractivity contribution in [2.45, 2.75) is 60.8 Å². The van der Waals surface area contributed by atoms with Gasteiger partial charge in [0.25, 0.3) is 0 Å². The Labute approximate surface area is 161 Å². The lowest BCUT2D eigenvalue weighted by Gasteiger charge is -2.37. The number of Topliss-reactive ketones (excluding diaryl/α,β-unsaturated/α-hetero) is 2. The molecule has 2 aliphatic carbocycles. The van der Waals surface area contributed by atoms with E-state index in [0.717, 1.165) is 23.7 Å². The standard InChI is InChI=1S/C10H16O4S.C9H19OS/c1-9(2)7-3-4-10(9,8(11)5-7)6-15(12,13)14;1-5-11(6-2)7-9(10)8(3)4/h7H,3-6H2,1-2H3,(H,12,13,14);8H,5-7H2,1-4H3/q;+1/p-1. The predicted molar refractivity (Wildman–Crippen MR) is 106 cm³/mol. The molecule has 0 aromatic rings. The first-order valence-corrected chi connectivity index (χ1v) is 12.7. The number of carbonyl (C=O) groups is 2. The van der Waals surface area contributed by atoms with E-state index >= 15 is 0 Å². The van der Waals surface area contributed by atoms with Crippen molar-refractivity contribution >= 4 is 32.6 Å². The summed E-state index contributed by atoms with van der Waals surface area (Å²) in [6.07, 6.45) is 1.88. The zero-order chi connectivity index (χ0) is 20.3. The molecule has 0 heterocycles. The Hall–Kier alpha value is -0.400. The summed E-state index contributed by atoms with van der Waals surface area (Å²) in [4.78, 5) is 23.1. The summed E-state index contributed by atoms with van der Waals surface area (Å²) in [7, 11) is -3.96. The summed E-state index contributed by atoms with van der Waals surface area (Å²) in [6, 6.07) is 0. The summed E-state index contributed by atoms with van der Waals surface area (Å²) >= 11 is 0. The van der Waals surface area contributed by atoms with Crippen LogP contribution in [0.2, 0.25) is 0 Å². The molecule has 2 aliphatic rings. The zero-order valence-corrected chi connectivity index (χ0v) is 18.6. The van der Waals surface area contributed by atoms with Gasteiger partial charge in [-0.1, -0.05) is 27.7 Å². The molecule has 152 valence electrons. The van der Waals surface area contributed by atoms with E-state index in [1.165, 1.54) is 0 Å². The molecule has 0 spiro atoms. The number of hydrogen-bond acceptors (Lipinski definition) is 5. The minimum absolute atomic E-state index is 0.0248. The van der Waals surface area contributed by atoms with Gasteiger partial charge in [-0.2, -0.15) is 0 Å². The molecule has 2 saturated carbocycles. The van der Waals surface area contributed by atoms with Crippen molar-refractivity contribution < 1.29 is 22.6 Å². The molecule has 0 saturated heterocycles. The number of ketones is 2. The van der Waals surface area contributed by atoms with Crippen LogP contribution in [0.5, 0.6) is 0 Å². The fraction of sp³-hybridized carbons (Fsp3) is 0.895. The summed E-state index contributed by atoms with van der Waals surface area (Å²) in [5, 5.41) is 0. The van der Waals surface area contributed by atoms with Crippen LogP contribution in [0.15, 0.2) is 0 Å². The Balaban J connectivity index is 0.000000276. The first-order valence-electron chi connectivity index (χ1n) is 9.44. The fourth-order valence-corrected chi connectivity index (χ4v) is 7.02. The summed E-state index contributed by atoms with van der Waals surface area (Å²) in [6.45, 7) is 12.1. The molecule has 0 radical (unpaired) electrons. The Morgan fingerprint density at radius 2 is 1.81 bits per heavy atom. The molecular weight excluding hydrogens is 372 g/mol. The van der Waals surface area contributed by atoms with E-state index in [9.17, 15) is 22.6 Å². The van der Waals surface area contributed by atoms with Gasteiger partial charge >= 0.3 is 0 Å². The normalized spacial score (nSPS) is 27.0. The molecule has 2 unspecified atom stereocenters. The summed E-state index contributed by atoms with van der Waals surface area (Å²) in [5.74, 6) is 3.51. The first kappa shape index (κ1) is 23.6. The van der Waals surface area contributed by atoms with E-state index in [1.54, 1.807) is 0 Å². The molecule has 5 nitrogen and oxygen atoms in total. The molecule has 26 heavy (non-hydrogen) atoms. The van der Waals surface area contributed by atoms with E-state index < -0.39 is 21.3 Å². The molecule has 2 rings (SSSR count). The number of carbonyl (C=O) groups excluding carboxylic acids is 2. The second kappa shape index (κ2) is 8.74. The van der Waals surface area contributed by atoms with Gasteiger partial charge in [0.2, 0.25) is 0 Å². The van der Waals surface area contributed by atoms with Gasteiger partial charge < -0.3 is 4.55 Å². The minimum Gasteiger partial charge on any atom is -0.748 e. The Morgan fingerprint density at radius 1 is 1.27 bits per heavy atom. The maximum atomic E-state index is 11.8. The lowest BCUT2D eigenvalue weighted by molar-refractivity contribution is -0.128. The summed E-state index contributed by atoms with van der Waals surface area (Å²) < 4.78 is 32.7. The van der Waals surface area contributed by atoms with Gasteiger partial charge in [0.1, 0.15) is 17.3 Å². The lowest BCUT2D eigenvalue weighted by atomic mass is 9.70. The van der Waals surface area contributed by atoms with Crippen molar-refractivity contribution in [3.63, 3.8) is 0 Å². The van der Waals surface area contributed by atoms with Gasteiger partial charge in [-0.15, -0.1) is 0 Å². The molecule has 2 bridgehead atoms. The molecule has 7 heteroatoms. The highest BCUT2D eigenvalue weighted by molar-refractivity contribution is 7.97. The van der Waals surface area contributed by atoms with Crippen molar-refractivity contribution in [1.82, 2.24) is 0 Å². The average Bonchev–Trinajstić information content (AvgIpc) is 2.85. The largest absolute Gasteiger partial charge is 0.748 e. The topological polar surface area (TPSA) is 91.3 Å². The van der Waals surface area contributed by atoms with Gasteiger partial charge in [-0.3, -0.25) is 9.59 Å². The molecule has 2 fully saturated rings. The second-order valence-corrected chi connectivity index (χ2v) is 12.4. The van der Waals surface area contributed by atoms with Crippen LogP contribution in [0.25, 0.3) is 0 Å². The maximum absolute atomic E-state index is 11.8. The Kier molecular flexibility index (Phi) is 7.94. The van der Waals surface area contributed by atoms with Crippen molar-refractivity contribution in [1.29, 1.82) is 0 Å². The maximum Gasteiger partial charge on any atom is 0.184 e. The summed E-state index contributed by atoms with van der Waals surface area (Å²) in [5.41, 5.74) is -1.22. The van der Waals surface area contributed by atoms with Gasteiger partial charge in [0.05, 0.1) is 15.9 Å². The monoisotopic (exact) mass is 406 g/mol. The van der Waals surface area contributed by atoms with E-state index in [0.29, 0.717) is 29.5 Å². The number of hydrogen-bond donors (Lipinski definition) is 0. The third kappa shape index (κ3) is 5.10. The highest BCUT2D eigenvalue weighted by Crippen LogP contribution is 2.64. The highest BCUT2D eigenvalue weighted by Gasteiger charge is 2.64. The Morgan fingerprint density at radius 3 is 2.12 bits per heavy atom. The van der Waals surface area contributed by atoms with Gasteiger partial charge in [-0.05, 0) is 48.9 Å². The van der Waals surface area contributed by atoms with Gasteiger partial charge in [-0.25, -0.2) is 8.42 Å². The van der Waals surface area contributed by atoms with Crippen LogP contribution in [0.3, 0.4) is 0 Å². The van der Waals surface area contributed by atoms with E-state index in [2.05, 4.69) is 13.8 Å². The fourth-order valence-electron chi connectivity index (χ4n) is 4.19. The second-order valence-electron chi connectivity index (χ2n) is 8.32. The van der Waals surface area contributed by atoms with Crippen molar-refractivity contribution in [2.24, 2.45) is 22.7 Å². The van der Waals surface area contributed by atoms with Crippen LogP contribution in [-0.2, 0) is 30.6 Å². The molecular formula is C19H34O5S2. The third-order valence-corrected chi connectivity index (χ3v) is 9.54. The third-order valence-electron chi connectivity index (χ3n) is 6.37. The van der Waals surface area contributed by atoms with Crippen molar-refractivity contribution in [2.75, 3.05) is 23.0 Å². The smallest absolute Gasteiger partial charge is 0.184 e. The average molecular weight is 407 g/mol. The molecule has 0 aliphatic heterocycles. The van der Waals surface area contributed by atoms with Crippen LogP contribution in [-0.4, -0.2) is 47.5 Å². The molecule has 0 aromatic heterocycles. The zero-order valence-electron chi connectivity index (χ0n) is 17.0. The van der Waals surface area contributed by atoms with Crippen LogP contribution in [0.1, 0.15) is 60.8 Å². The first-order chi connectivity index (χ1) is 11.8. The van der Waals surface area contributed by atoms with E-state index in [-0.39, 0.29) is 23.0 Å². The van der Waals surface area contributed by atoms with Crippen molar-refractivity contribution in [3.8, 4) is 0 Å². The SMILES string of the molecule is CC1(C)C2CCC1(CS(=O)(=O)[O-])C(=O)C2.CC[S+](CC)CC(=O)C(C)C. The van der Waals surface area contributed by atoms with E-state index in [1.807, 2.05) is 27.7 Å². The minimum atomic E-state index is -4.33. The van der Waals surface area contributed by atoms with Crippen LogP contribution in [0.4, 0.5) is 0 Å². The van der Waals surface area contributed by atoms with Gasteiger partial charge in [0.15, 0.2) is 11.5 Å². The predicted octanol–water partition coefficient (Wildman–Crippen LogP) is 2.80.